The van der Waals surface area contributed by atoms with Gasteiger partial charge < -0.3 is 11.1 Å². The summed E-state index contributed by atoms with van der Waals surface area (Å²) in [6.07, 6.45) is 3.46. The Morgan fingerprint density at radius 1 is 1.18 bits per heavy atom. The molecule has 4 rings (SSSR count). The molecule has 3 heterocycles. The summed E-state index contributed by atoms with van der Waals surface area (Å²) in [5.41, 5.74) is 11.6. The van der Waals surface area contributed by atoms with E-state index in [2.05, 4.69) is 45.0 Å². The van der Waals surface area contributed by atoms with Crippen molar-refractivity contribution in [1.82, 2.24) is 14.6 Å². The number of aromatic nitrogens is 3. The molecule has 3 N–H and O–H groups in total. The lowest BCUT2D eigenvalue weighted by molar-refractivity contribution is 0.100. The number of nitrogens with zero attached hydrogens (tertiary/aromatic N) is 3. The molecule has 0 fully saturated rings. The Bertz CT molecular complexity index is 1160. The highest BCUT2D eigenvalue weighted by Gasteiger charge is 2.16. The van der Waals surface area contributed by atoms with Crippen molar-refractivity contribution in [1.29, 1.82) is 0 Å². The number of hydrogen-bond acceptors (Lipinski definition) is 5. The number of carbonyl (C=O) groups is 1. The summed E-state index contributed by atoms with van der Waals surface area (Å²) in [5.74, 6) is -0.496. The Morgan fingerprint density at radius 2 is 1.89 bits per heavy atom. The van der Waals surface area contributed by atoms with E-state index in [1.807, 2.05) is 33.0 Å². The smallest absolute Gasteiger partial charge is 0.252 e. The van der Waals surface area contributed by atoms with Gasteiger partial charge in [-0.05, 0) is 32.4 Å². The van der Waals surface area contributed by atoms with Gasteiger partial charge in [-0.15, -0.1) is 11.3 Å². The fraction of sp³-hybridized carbons (Fsp3) is 0.190. The second-order valence-electron chi connectivity index (χ2n) is 6.98. The SMILES string of the molecule is Cc1nc(-c2ccc(-c3cc4c(NC(C)C)c(C(N)=O)cnn4c3)cc2)cs1. The van der Waals surface area contributed by atoms with Crippen molar-refractivity contribution in [3.05, 3.63) is 58.7 Å². The molecule has 28 heavy (non-hydrogen) atoms. The summed E-state index contributed by atoms with van der Waals surface area (Å²) >= 11 is 1.65. The fourth-order valence-electron chi connectivity index (χ4n) is 3.17. The number of amides is 1. The summed E-state index contributed by atoms with van der Waals surface area (Å²) < 4.78 is 1.77. The Morgan fingerprint density at radius 3 is 2.50 bits per heavy atom. The summed E-state index contributed by atoms with van der Waals surface area (Å²) in [5, 5.41) is 10.8. The molecule has 4 aromatic rings. The molecular formula is C21H21N5OS. The van der Waals surface area contributed by atoms with Gasteiger partial charge in [0, 0.05) is 28.7 Å². The molecule has 0 unspecified atom stereocenters. The number of fused-ring (bicyclic) bond motifs is 1. The lowest BCUT2D eigenvalue weighted by Crippen LogP contribution is -2.19. The molecule has 0 aliphatic carbocycles. The zero-order chi connectivity index (χ0) is 19.8. The Balaban J connectivity index is 1.76. The Hall–Kier alpha value is -3.19. The lowest BCUT2D eigenvalue weighted by Gasteiger charge is -2.14. The van der Waals surface area contributed by atoms with Gasteiger partial charge in [-0.2, -0.15) is 5.10 Å². The molecule has 0 saturated heterocycles. The van der Waals surface area contributed by atoms with E-state index in [4.69, 9.17) is 5.73 Å². The van der Waals surface area contributed by atoms with E-state index < -0.39 is 5.91 Å². The van der Waals surface area contributed by atoms with Crippen molar-refractivity contribution >= 4 is 28.4 Å². The van der Waals surface area contributed by atoms with Crippen LogP contribution in [0.3, 0.4) is 0 Å². The van der Waals surface area contributed by atoms with Crippen LogP contribution in [0.5, 0.6) is 0 Å². The highest BCUT2D eigenvalue weighted by molar-refractivity contribution is 7.09. The Labute approximate surface area is 167 Å². The minimum atomic E-state index is -0.496. The van der Waals surface area contributed by atoms with Gasteiger partial charge in [0.05, 0.1) is 33.7 Å². The quantitative estimate of drug-likeness (QED) is 0.529. The van der Waals surface area contributed by atoms with Gasteiger partial charge in [0.15, 0.2) is 0 Å². The lowest BCUT2D eigenvalue weighted by atomic mass is 10.1. The van der Waals surface area contributed by atoms with Crippen LogP contribution in [0.4, 0.5) is 5.69 Å². The van der Waals surface area contributed by atoms with Crippen LogP contribution in [-0.4, -0.2) is 26.5 Å². The van der Waals surface area contributed by atoms with Gasteiger partial charge >= 0.3 is 0 Å². The van der Waals surface area contributed by atoms with E-state index in [-0.39, 0.29) is 6.04 Å². The highest BCUT2D eigenvalue weighted by Crippen LogP contribution is 2.30. The van der Waals surface area contributed by atoms with Crippen LogP contribution in [0.1, 0.15) is 29.2 Å². The second kappa shape index (κ2) is 7.09. The summed E-state index contributed by atoms with van der Waals surface area (Å²) in [6, 6.07) is 10.5. The monoisotopic (exact) mass is 391 g/mol. The van der Waals surface area contributed by atoms with Crippen LogP contribution in [0.25, 0.3) is 27.9 Å². The number of hydrogen-bond donors (Lipinski definition) is 2. The number of benzene rings is 1. The largest absolute Gasteiger partial charge is 0.380 e. The minimum Gasteiger partial charge on any atom is -0.380 e. The van der Waals surface area contributed by atoms with Crippen molar-refractivity contribution in [3.63, 3.8) is 0 Å². The molecule has 3 aromatic heterocycles. The molecule has 0 spiro atoms. The van der Waals surface area contributed by atoms with Gasteiger partial charge in [0.1, 0.15) is 0 Å². The maximum absolute atomic E-state index is 11.8. The number of thiazole rings is 1. The maximum Gasteiger partial charge on any atom is 0.252 e. The molecule has 0 saturated carbocycles. The van der Waals surface area contributed by atoms with Crippen molar-refractivity contribution in [2.45, 2.75) is 26.8 Å². The first-order valence-corrected chi connectivity index (χ1v) is 9.91. The van der Waals surface area contributed by atoms with E-state index in [0.29, 0.717) is 11.3 Å². The first-order valence-electron chi connectivity index (χ1n) is 9.03. The molecule has 0 aliphatic rings. The number of aryl methyl sites for hydroxylation is 1. The second-order valence-corrected chi connectivity index (χ2v) is 8.05. The minimum absolute atomic E-state index is 0.156. The third-order valence-corrected chi connectivity index (χ3v) is 5.24. The predicted octanol–water partition coefficient (Wildman–Crippen LogP) is 4.35. The molecule has 1 aromatic carbocycles. The van der Waals surface area contributed by atoms with E-state index in [1.54, 1.807) is 15.9 Å². The van der Waals surface area contributed by atoms with E-state index >= 15 is 0 Å². The van der Waals surface area contributed by atoms with E-state index in [0.717, 1.165) is 32.9 Å². The third kappa shape index (κ3) is 3.36. The van der Waals surface area contributed by atoms with Gasteiger partial charge in [0.25, 0.3) is 5.91 Å². The first-order chi connectivity index (χ1) is 13.4. The predicted molar refractivity (Wildman–Crippen MR) is 114 cm³/mol. The van der Waals surface area contributed by atoms with Crippen LogP contribution in [0, 0.1) is 6.92 Å². The van der Waals surface area contributed by atoms with Crippen LogP contribution in [-0.2, 0) is 0 Å². The molecule has 6 nitrogen and oxygen atoms in total. The van der Waals surface area contributed by atoms with E-state index in [9.17, 15) is 4.79 Å². The molecule has 0 bridgehead atoms. The van der Waals surface area contributed by atoms with Gasteiger partial charge in [-0.1, -0.05) is 24.3 Å². The zero-order valence-corrected chi connectivity index (χ0v) is 16.7. The number of primary amides is 1. The van der Waals surface area contributed by atoms with Crippen molar-refractivity contribution in [2.75, 3.05) is 5.32 Å². The molecule has 0 aliphatic heterocycles. The third-order valence-electron chi connectivity index (χ3n) is 4.47. The molecule has 0 atom stereocenters. The maximum atomic E-state index is 11.8. The van der Waals surface area contributed by atoms with Crippen molar-refractivity contribution < 1.29 is 4.79 Å². The average Bonchev–Trinajstić information content (AvgIpc) is 3.28. The highest BCUT2D eigenvalue weighted by atomic mass is 32.1. The average molecular weight is 392 g/mol. The molecule has 1 amide bonds. The van der Waals surface area contributed by atoms with Crippen LogP contribution in [0.15, 0.2) is 48.1 Å². The number of rotatable bonds is 5. The van der Waals surface area contributed by atoms with Gasteiger partial charge in [0.2, 0.25) is 0 Å². The summed E-state index contributed by atoms with van der Waals surface area (Å²) in [4.78, 5) is 16.4. The summed E-state index contributed by atoms with van der Waals surface area (Å²) in [7, 11) is 0. The topological polar surface area (TPSA) is 85.3 Å². The van der Waals surface area contributed by atoms with Crippen molar-refractivity contribution in [3.8, 4) is 22.4 Å². The van der Waals surface area contributed by atoms with E-state index in [1.165, 1.54) is 6.20 Å². The zero-order valence-electron chi connectivity index (χ0n) is 15.9. The first kappa shape index (κ1) is 18.2. The molecule has 0 radical (unpaired) electrons. The van der Waals surface area contributed by atoms with Crippen LogP contribution < -0.4 is 11.1 Å². The number of carbonyl (C=O) groups excluding carboxylic acids is 1. The van der Waals surface area contributed by atoms with Gasteiger partial charge in [-0.25, -0.2) is 9.50 Å². The standard InChI is InChI=1S/C21H21N5OS/c1-12(2)24-20-17(21(22)27)9-23-26-10-16(8-19(20)26)14-4-6-15(7-5-14)18-11-28-13(3)25-18/h4-12,24H,1-3H3,(H2,22,27). The summed E-state index contributed by atoms with van der Waals surface area (Å²) in [6.45, 7) is 6.04. The van der Waals surface area contributed by atoms with Crippen LogP contribution in [0.2, 0.25) is 0 Å². The van der Waals surface area contributed by atoms with Crippen molar-refractivity contribution in [2.24, 2.45) is 5.73 Å². The number of anilines is 1. The molecule has 7 heteroatoms. The molecular weight excluding hydrogens is 370 g/mol. The Kier molecular flexibility index (Phi) is 4.60. The molecule has 142 valence electrons. The fourth-order valence-corrected chi connectivity index (χ4v) is 3.79. The number of nitrogens with two attached hydrogens (primary N) is 1. The number of nitrogens with one attached hydrogen (secondary N) is 1. The normalized spacial score (nSPS) is 11.3. The van der Waals surface area contributed by atoms with Crippen LogP contribution >= 0.6 is 11.3 Å². The van der Waals surface area contributed by atoms with Gasteiger partial charge in [-0.3, -0.25) is 4.79 Å².